The fourth-order valence-electron chi connectivity index (χ4n) is 2.93. The molecule has 2 unspecified atom stereocenters. The maximum atomic E-state index is 5.60. The second kappa shape index (κ2) is 5.51. The molecule has 0 aliphatic carbocycles. The Hall–Kier alpha value is -1.71. The van der Waals surface area contributed by atoms with Crippen LogP contribution in [0.2, 0.25) is 0 Å². The number of aliphatic imine (C=N–C) groups is 1. The molecule has 4 N–H and O–H groups in total. The molecule has 0 saturated carbocycles. The molecule has 19 heavy (non-hydrogen) atoms. The molecule has 4 nitrogen and oxygen atoms in total. The number of anilines is 1. The van der Waals surface area contributed by atoms with E-state index in [9.17, 15) is 0 Å². The van der Waals surface area contributed by atoms with Crippen molar-refractivity contribution in [1.29, 1.82) is 0 Å². The van der Waals surface area contributed by atoms with Gasteiger partial charge in [-0.05, 0) is 30.4 Å². The van der Waals surface area contributed by atoms with E-state index in [1.807, 2.05) is 0 Å². The van der Waals surface area contributed by atoms with Gasteiger partial charge < -0.3 is 16.4 Å². The summed E-state index contributed by atoms with van der Waals surface area (Å²) in [5.41, 5.74) is 13.9. The summed E-state index contributed by atoms with van der Waals surface area (Å²) in [6.07, 6.45) is 2.02. The maximum Gasteiger partial charge on any atom is 0.186 e. The van der Waals surface area contributed by atoms with E-state index in [1.54, 1.807) is 0 Å². The third-order valence-electron chi connectivity index (χ3n) is 3.77. The Kier molecular flexibility index (Phi) is 3.98. The van der Waals surface area contributed by atoms with Crippen molar-refractivity contribution in [3.63, 3.8) is 0 Å². The molecule has 0 fully saturated rings. The van der Waals surface area contributed by atoms with Crippen LogP contribution in [0.25, 0.3) is 0 Å². The predicted octanol–water partition coefficient (Wildman–Crippen LogP) is 1.74. The van der Waals surface area contributed by atoms with Crippen molar-refractivity contribution in [1.82, 2.24) is 0 Å². The second-order valence-electron chi connectivity index (χ2n) is 5.76. The Bertz CT molecular complexity index is 463. The molecule has 1 aliphatic rings. The predicted molar refractivity (Wildman–Crippen MR) is 81.4 cm³/mol. The number of fused-ring (bicyclic) bond motifs is 1. The summed E-state index contributed by atoms with van der Waals surface area (Å²) in [5, 5.41) is 0. The van der Waals surface area contributed by atoms with Gasteiger partial charge in [0.15, 0.2) is 5.96 Å². The lowest BCUT2D eigenvalue weighted by molar-refractivity contribution is 0.431. The van der Waals surface area contributed by atoms with E-state index < -0.39 is 0 Å². The van der Waals surface area contributed by atoms with Crippen molar-refractivity contribution in [3.05, 3.63) is 29.8 Å². The Morgan fingerprint density at radius 3 is 2.63 bits per heavy atom. The number of hydrogen-bond donors (Lipinski definition) is 2. The molecule has 1 aromatic carbocycles. The van der Waals surface area contributed by atoms with E-state index in [1.165, 1.54) is 11.3 Å². The molecule has 2 atom stereocenters. The summed E-state index contributed by atoms with van der Waals surface area (Å²) in [6, 6.07) is 9.03. The van der Waals surface area contributed by atoms with Crippen LogP contribution < -0.4 is 16.4 Å². The first-order chi connectivity index (χ1) is 8.99. The van der Waals surface area contributed by atoms with E-state index in [0.717, 1.165) is 12.8 Å². The zero-order chi connectivity index (χ0) is 14.0. The lowest BCUT2D eigenvalue weighted by Crippen LogP contribution is -2.41. The van der Waals surface area contributed by atoms with Crippen LogP contribution in [-0.4, -0.2) is 25.1 Å². The van der Waals surface area contributed by atoms with Gasteiger partial charge in [-0.3, -0.25) is 0 Å². The van der Waals surface area contributed by atoms with Gasteiger partial charge in [0.2, 0.25) is 0 Å². The van der Waals surface area contributed by atoms with Crippen LogP contribution in [0.1, 0.15) is 25.8 Å². The highest BCUT2D eigenvalue weighted by atomic mass is 15.2. The van der Waals surface area contributed by atoms with Crippen molar-refractivity contribution in [2.75, 3.05) is 11.9 Å². The maximum absolute atomic E-state index is 5.60. The first kappa shape index (κ1) is 13.7. The Labute approximate surface area is 115 Å². The topological polar surface area (TPSA) is 67.6 Å². The molecule has 1 aromatic rings. The van der Waals surface area contributed by atoms with Gasteiger partial charge in [0.25, 0.3) is 0 Å². The molecule has 0 spiro atoms. The van der Waals surface area contributed by atoms with Crippen molar-refractivity contribution in [3.8, 4) is 0 Å². The Balaban J connectivity index is 2.23. The highest BCUT2D eigenvalue weighted by Gasteiger charge is 2.32. The largest absolute Gasteiger partial charge is 0.370 e. The number of hydrogen-bond acceptors (Lipinski definition) is 2. The third-order valence-corrected chi connectivity index (χ3v) is 3.77. The highest BCUT2D eigenvalue weighted by Crippen LogP contribution is 2.34. The number of rotatable bonds is 4. The van der Waals surface area contributed by atoms with Crippen molar-refractivity contribution >= 4 is 11.6 Å². The molecule has 4 heteroatoms. The van der Waals surface area contributed by atoms with Crippen molar-refractivity contribution < 1.29 is 0 Å². The van der Waals surface area contributed by atoms with E-state index >= 15 is 0 Å². The molecule has 104 valence electrons. The van der Waals surface area contributed by atoms with Crippen LogP contribution in [0.3, 0.4) is 0 Å². The molecular formula is C15H24N4. The van der Waals surface area contributed by atoms with Gasteiger partial charge in [0.1, 0.15) is 0 Å². The Morgan fingerprint density at radius 1 is 1.37 bits per heavy atom. The first-order valence-electron chi connectivity index (χ1n) is 6.88. The first-order valence-corrected chi connectivity index (χ1v) is 6.88. The SMILES string of the molecule is CC(C)CC(N=C(N)N)C1Cc2ccccc2N1C. The summed E-state index contributed by atoms with van der Waals surface area (Å²) >= 11 is 0. The summed E-state index contributed by atoms with van der Waals surface area (Å²) < 4.78 is 0. The molecule has 0 radical (unpaired) electrons. The van der Waals surface area contributed by atoms with Gasteiger partial charge in [0.05, 0.1) is 12.1 Å². The van der Waals surface area contributed by atoms with Crippen molar-refractivity contribution in [2.24, 2.45) is 22.4 Å². The summed E-state index contributed by atoms with van der Waals surface area (Å²) in [4.78, 5) is 6.78. The molecule has 0 amide bonds. The fraction of sp³-hybridized carbons (Fsp3) is 0.533. The zero-order valence-electron chi connectivity index (χ0n) is 12.0. The minimum atomic E-state index is 0.155. The van der Waals surface area contributed by atoms with Crippen LogP contribution in [0, 0.1) is 5.92 Å². The van der Waals surface area contributed by atoms with Crippen LogP contribution in [-0.2, 0) is 6.42 Å². The van der Waals surface area contributed by atoms with Crippen LogP contribution >= 0.6 is 0 Å². The van der Waals surface area contributed by atoms with Gasteiger partial charge in [-0.2, -0.15) is 0 Å². The highest BCUT2D eigenvalue weighted by molar-refractivity contribution is 5.76. The summed E-state index contributed by atoms with van der Waals surface area (Å²) in [7, 11) is 2.13. The Morgan fingerprint density at radius 2 is 2.05 bits per heavy atom. The molecule has 2 rings (SSSR count). The molecule has 0 aromatic heterocycles. The van der Waals surface area contributed by atoms with Gasteiger partial charge in [-0.1, -0.05) is 32.0 Å². The van der Waals surface area contributed by atoms with E-state index in [0.29, 0.717) is 12.0 Å². The summed E-state index contributed by atoms with van der Waals surface area (Å²) in [6.45, 7) is 4.41. The number of nitrogens with two attached hydrogens (primary N) is 2. The van der Waals surface area contributed by atoms with E-state index in [2.05, 4.69) is 55.1 Å². The minimum Gasteiger partial charge on any atom is -0.370 e. The third kappa shape index (κ3) is 3.00. The van der Waals surface area contributed by atoms with E-state index in [4.69, 9.17) is 11.5 Å². The lowest BCUT2D eigenvalue weighted by atomic mass is 9.95. The smallest absolute Gasteiger partial charge is 0.186 e. The standard InChI is InChI=1S/C15H24N4/c1-10(2)8-12(18-15(16)17)14-9-11-6-4-5-7-13(11)19(14)3/h4-7,10,12,14H,8-9H2,1-3H3,(H4,16,17,18). The average Bonchev–Trinajstić information content (AvgIpc) is 2.65. The number of para-hydroxylation sites is 1. The molecule has 0 saturated heterocycles. The minimum absolute atomic E-state index is 0.155. The fourth-order valence-corrected chi connectivity index (χ4v) is 2.93. The van der Waals surface area contributed by atoms with Crippen LogP contribution in [0.4, 0.5) is 5.69 Å². The number of nitrogens with zero attached hydrogens (tertiary/aromatic N) is 2. The average molecular weight is 260 g/mol. The van der Waals surface area contributed by atoms with E-state index in [-0.39, 0.29) is 12.0 Å². The van der Waals surface area contributed by atoms with Gasteiger partial charge in [0, 0.05) is 12.7 Å². The monoisotopic (exact) mass is 260 g/mol. The molecular weight excluding hydrogens is 236 g/mol. The molecule has 0 bridgehead atoms. The normalized spacial score (nSPS) is 19.4. The summed E-state index contributed by atoms with van der Waals surface area (Å²) in [5.74, 6) is 0.764. The number of likely N-dealkylation sites (N-methyl/N-ethyl adjacent to an activating group) is 1. The van der Waals surface area contributed by atoms with Crippen LogP contribution in [0.15, 0.2) is 29.3 Å². The molecule has 1 heterocycles. The van der Waals surface area contributed by atoms with Gasteiger partial charge in [-0.25, -0.2) is 4.99 Å². The zero-order valence-corrected chi connectivity index (χ0v) is 12.0. The van der Waals surface area contributed by atoms with Gasteiger partial charge >= 0.3 is 0 Å². The second-order valence-corrected chi connectivity index (χ2v) is 5.76. The molecule has 1 aliphatic heterocycles. The van der Waals surface area contributed by atoms with Gasteiger partial charge in [-0.15, -0.1) is 0 Å². The lowest BCUT2D eigenvalue weighted by Gasteiger charge is -2.29. The number of guanidine groups is 1. The number of benzene rings is 1. The van der Waals surface area contributed by atoms with Crippen LogP contribution in [0.5, 0.6) is 0 Å². The van der Waals surface area contributed by atoms with Crippen molar-refractivity contribution in [2.45, 2.75) is 38.8 Å². The quantitative estimate of drug-likeness (QED) is 0.640.